The zero-order valence-electron chi connectivity index (χ0n) is 12.9. The first kappa shape index (κ1) is 15.7. The Labute approximate surface area is 118 Å². The van der Waals surface area contributed by atoms with Gasteiger partial charge in [0.1, 0.15) is 5.84 Å². The van der Waals surface area contributed by atoms with Crippen LogP contribution in [0.25, 0.3) is 0 Å². The maximum Gasteiger partial charge on any atom is 0.128 e. The summed E-state index contributed by atoms with van der Waals surface area (Å²) in [4.78, 5) is 2.24. The second kappa shape index (κ2) is 7.98. The number of aryl methyl sites for hydroxylation is 2. The van der Waals surface area contributed by atoms with Gasteiger partial charge in [0.2, 0.25) is 0 Å². The van der Waals surface area contributed by atoms with Crippen LogP contribution in [-0.4, -0.2) is 23.8 Å². The van der Waals surface area contributed by atoms with Crippen LogP contribution in [0.4, 0.5) is 0 Å². The summed E-state index contributed by atoms with van der Waals surface area (Å²) in [6, 6.07) is 6.38. The third-order valence-electron chi connectivity index (χ3n) is 3.53. The molecule has 0 fully saturated rings. The molecule has 0 radical (unpaired) electrons. The van der Waals surface area contributed by atoms with Crippen molar-refractivity contribution in [3.63, 3.8) is 0 Å². The molecular formula is C17H28N2. The van der Waals surface area contributed by atoms with E-state index in [0.717, 1.165) is 31.5 Å². The molecule has 0 atom stereocenters. The quantitative estimate of drug-likeness (QED) is 0.566. The maximum absolute atomic E-state index is 8.51. The zero-order valence-corrected chi connectivity index (χ0v) is 12.9. The van der Waals surface area contributed by atoms with Crippen molar-refractivity contribution >= 4 is 5.84 Å². The maximum atomic E-state index is 8.51. The van der Waals surface area contributed by atoms with Crippen molar-refractivity contribution in [1.29, 1.82) is 5.41 Å². The van der Waals surface area contributed by atoms with Crippen LogP contribution in [0.5, 0.6) is 0 Å². The minimum Gasteiger partial charge on any atom is -0.357 e. The molecule has 2 heteroatoms. The summed E-state index contributed by atoms with van der Waals surface area (Å²) in [5, 5.41) is 8.51. The van der Waals surface area contributed by atoms with Crippen molar-refractivity contribution in [3.8, 4) is 0 Å². The van der Waals surface area contributed by atoms with Gasteiger partial charge in [0.05, 0.1) is 0 Å². The van der Waals surface area contributed by atoms with Gasteiger partial charge in [-0.3, -0.25) is 5.41 Å². The van der Waals surface area contributed by atoms with E-state index >= 15 is 0 Å². The molecule has 0 bridgehead atoms. The Bertz CT molecular complexity index is 402. The number of hydrogen-bond donors (Lipinski definition) is 1. The van der Waals surface area contributed by atoms with E-state index in [4.69, 9.17) is 5.41 Å². The summed E-state index contributed by atoms with van der Waals surface area (Å²) in [6.07, 6.45) is 4.69. The number of nitrogens with zero attached hydrogens (tertiary/aromatic N) is 1. The summed E-state index contributed by atoms with van der Waals surface area (Å²) in [5.74, 6) is 0.697. The molecule has 0 spiro atoms. The molecule has 0 amide bonds. The predicted molar refractivity (Wildman–Crippen MR) is 84.1 cm³/mol. The van der Waals surface area contributed by atoms with Gasteiger partial charge >= 0.3 is 0 Å². The molecule has 1 N–H and O–H groups in total. The van der Waals surface area contributed by atoms with Gasteiger partial charge in [0.15, 0.2) is 0 Å². The molecular weight excluding hydrogens is 232 g/mol. The van der Waals surface area contributed by atoms with Gasteiger partial charge in [-0.1, -0.05) is 44.4 Å². The number of rotatable bonds is 7. The minimum absolute atomic E-state index is 0.697. The summed E-state index contributed by atoms with van der Waals surface area (Å²) in [5.41, 5.74) is 3.53. The third kappa shape index (κ3) is 4.70. The standard InChI is InChI=1S/C17H28N2/c1-5-7-11-19(12-8-6-2)17(18)16-13-14(3)9-10-15(16)4/h9-10,13,18H,5-8,11-12H2,1-4H3. The first-order valence-electron chi connectivity index (χ1n) is 7.51. The first-order valence-corrected chi connectivity index (χ1v) is 7.51. The molecule has 0 saturated carbocycles. The van der Waals surface area contributed by atoms with Crippen molar-refractivity contribution in [2.75, 3.05) is 13.1 Å². The largest absolute Gasteiger partial charge is 0.357 e. The van der Waals surface area contributed by atoms with Crippen LogP contribution in [0.2, 0.25) is 0 Å². The number of amidine groups is 1. The molecule has 1 aromatic rings. The lowest BCUT2D eigenvalue weighted by Crippen LogP contribution is -2.33. The predicted octanol–water partition coefficient (Wildman–Crippen LogP) is 4.53. The molecule has 0 saturated heterocycles. The Morgan fingerprint density at radius 3 is 2.16 bits per heavy atom. The smallest absolute Gasteiger partial charge is 0.128 e. The van der Waals surface area contributed by atoms with E-state index in [2.05, 4.69) is 50.8 Å². The van der Waals surface area contributed by atoms with Crippen LogP contribution in [0.15, 0.2) is 18.2 Å². The number of unbranched alkanes of at least 4 members (excludes halogenated alkanes) is 2. The number of benzene rings is 1. The molecule has 2 nitrogen and oxygen atoms in total. The van der Waals surface area contributed by atoms with Gasteiger partial charge in [0, 0.05) is 18.7 Å². The Morgan fingerprint density at radius 1 is 1.05 bits per heavy atom. The van der Waals surface area contributed by atoms with E-state index in [1.165, 1.54) is 24.0 Å². The topological polar surface area (TPSA) is 27.1 Å². The lowest BCUT2D eigenvalue weighted by atomic mass is 10.0. The van der Waals surface area contributed by atoms with Crippen LogP contribution in [0.1, 0.15) is 56.2 Å². The molecule has 0 heterocycles. The highest BCUT2D eigenvalue weighted by Gasteiger charge is 2.13. The molecule has 0 unspecified atom stereocenters. The van der Waals surface area contributed by atoms with Crippen LogP contribution >= 0.6 is 0 Å². The van der Waals surface area contributed by atoms with E-state index in [-0.39, 0.29) is 0 Å². The Hall–Kier alpha value is -1.31. The van der Waals surface area contributed by atoms with Crippen LogP contribution in [0.3, 0.4) is 0 Å². The zero-order chi connectivity index (χ0) is 14.3. The van der Waals surface area contributed by atoms with Gasteiger partial charge in [-0.2, -0.15) is 0 Å². The highest BCUT2D eigenvalue weighted by Crippen LogP contribution is 2.14. The van der Waals surface area contributed by atoms with E-state index in [1.54, 1.807) is 0 Å². The van der Waals surface area contributed by atoms with Crippen LogP contribution in [0, 0.1) is 19.3 Å². The monoisotopic (exact) mass is 260 g/mol. The Kier molecular flexibility index (Phi) is 6.61. The molecule has 106 valence electrons. The van der Waals surface area contributed by atoms with E-state index < -0.39 is 0 Å². The molecule has 19 heavy (non-hydrogen) atoms. The molecule has 1 rings (SSSR count). The second-order valence-corrected chi connectivity index (χ2v) is 5.36. The highest BCUT2D eigenvalue weighted by atomic mass is 15.2. The van der Waals surface area contributed by atoms with E-state index in [0.29, 0.717) is 5.84 Å². The normalized spacial score (nSPS) is 10.5. The summed E-state index contributed by atoms with van der Waals surface area (Å²) in [7, 11) is 0. The average molecular weight is 260 g/mol. The minimum atomic E-state index is 0.697. The molecule has 0 aliphatic rings. The Balaban J connectivity index is 2.87. The van der Waals surface area contributed by atoms with Crippen molar-refractivity contribution in [1.82, 2.24) is 4.90 Å². The van der Waals surface area contributed by atoms with E-state index in [9.17, 15) is 0 Å². The molecule has 0 aromatic heterocycles. The van der Waals surface area contributed by atoms with Crippen molar-refractivity contribution in [2.24, 2.45) is 0 Å². The molecule has 0 aliphatic carbocycles. The lowest BCUT2D eigenvalue weighted by molar-refractivity contribution is 0.396. The first-order chi connectivity index (χ1) is 9.10. The lowest BCUT2D eigenvalue weighted by Gasteiger charge is -2.26. The number of nitrogens with one attached hydrogen (secondary N) is 1. The third-order valence-corrected chi connectivity index (χ3v) is 3.53. The fraction of sp³-hybridized carbons (Fsp3) is 0.588. The van der Waals surface area contributed by atoms with Crippen LogP contribution < -0.4 is 0 Å². The number of hydrogen-bond acceptors (Lipinski definition) is 1. The van der Waals surface area contributed by atoms with Gasteiger partial charge in [-0.25, -0.2) is 0 Å². The van der Waals surface area contributed by atoms with Crippen molar-refractivity contribution in [3.05, 3.63) is 34.9 Å². The Morgan fingerprint density at radius 2 is 1.63 bits per heavy atom. The van der Waals surface area contributed by atoms with Gasteiger partial charge in [0.25, 0.3) is 0 Å². The molecule has 1 aromatic carbocycles. The molecule has 0 aliphatic heterocycles. The summed E-state index contributed by atoms with van der Waals surface area (Å²) in [6.45, 7) is 10.6. The van der Waals surface area contributed by atoms with Gasteiger partial charge in [-0.05, 0) is 38.3 Å². The fourth-order valence-corrected chi connectivity index (χ4v) is 2.19. The fourth-order valence-electron chi connectivity index (χ4n) is 2.19. The van der Waals surface area contributed by atoms with Crippen molar-refractivity contribution < 1.29 is 0 Å². The second-order valence-electron chi connectivity index (χ2n) is 5.36. The summed E-state index contributed by atoms with van der Waals surface area (Å²) >= 11 is 0. The van der Waals surface area contributed by atoms with Gasteiger partial charge in [-0.15, -0.1) is 0 Å². The summed E-state index contributed by atoms with van der Waals surface area (Å²) < 4.78 is 0. The highest BCUT2D eigenvalue weighted by molar-refractivity contribution is 5.97. The SMILES string of the molecule is CCCCN(CCCC)C(=N)c1cc(C)ccc1C. The van der Waals surface area contributed by atoms with E-state index in [1.807, 2.05) is 0 Å². The van der Waals surface area contributed by atoms with Gasteiger partial charge < -0.3 is 4.90 Å². The van der Waals surface area contributed by atoms with Crippen molar-refractivity contribution in [2.45, 2.75) is 53.4 Å². The van der Waals surface area contributed by atoms with Crippen LogP contribution in [-0.2, 0) is 0 Å². The average Bonchev–Trinajstić information content (AvgIpc) is 2.41.